The quantitative estimate of drug-likeness (QED) is 0.853. The molecule has 0 bridgehead atoms. The maximum Gasteiger partial charge on any atom is 0.573 e. The van der Waals surface area contributed by atoms with Gasteiger partial charge in [-0.05, 0) is 37.0 Å². The van der Waals surface area contributed by atoms with Crippen LogP contribution in [0, 0.1) is 0 Å². The maximum absolute atomic E-state index is 12.0. The maximum atomic E-state index is 12.0. The first kappa shape index (κ1) is 14.8. The predicted octanol–water partition coefficient (Wildman–Crippen LogP) is 3.27. The van der Waals surface area contributed by atoms with E-state index < -0.39 is 6.36 Å². The van der Waals surface area contributed by atoms with Gasteiger partial charge >= 0.3 is 6.36 Å². The summed E-state index contributed by atoms with van der Waals surface area (Å²) >= 11 is 0. The molecule has 6 heteroatoms. The average Bonchev–Trinajstić information content (AvgIpc) is 2.40. The van der Waals surface area contributed by atoms with Crippen molar-refractivity contribution in [1.82, 2.24) is 0 Å². The number of rotatable bonds is 4. The van der Waals surface area contributed by atoms with Gasteiger partial charge in [-0.1, -0.05) is 12.1 Å². The fourth-order valence-corrected chi connectivity index (χ4v) is 2.12. The van der Waals surface area contributed by atoms with Gasteiger partial charge in [-0.2, -0.15) is 0 Å². The lowest BCUT2D eigenvalue weighted by Gasteiger charge is -2.21. The Bertz CT molecular complexity index is 448. The van der Waals surface area contributed by atoms with Crippen molar-refractivity contribution in [1.29, 1.82) is 0 Å². The molecule has 1 aliphatic heterocycles. The van der Waals surface area contributed by atoms with Crippen molar-refractivity contribution in [3.63, 3.8) is 0 Å². The van der Waals surface area contributed by atoms with Crippen molar-refractivity contribution in [2.24, 2.45) is 0 Å². The zero-order chi connectivity index (χ0) is 14.6. The predicted molar refractivity (Wildman–Crippen MR) is 65.4 cm³/mol. The van der Waals surface area contributed by atoms with Gasteiger partial charge in [0.05, 0.1) is 0 Å². The Morgan fingerprint density at radius 1 is 1.25 bits per heavy atom. The van der Waals surface area contributed by atoms with Crippen LogP contribution in [0.15, 0.2) is 24.3 Å². The molecule has 110 valence electrons. The van der Waals surface area contributed by atoms with Gasteiger partial charge in [-0.25, -0.2) is 0 Å². The molecule has 1 fully saturated rings. The van der Waals surface area contributed by atoms with E-state index in [9.17, 15) is 18.0 Å². The first-order valence-corrected chi connectivity index (χ1v) is 6.43. The number of hydrogen-bond donors (Lipinski definition) is 0. The number of carbonyl (C=O) groups excluding carboxylic acids is 1. The van der Waals surface area contributed by atoms with Crippen LogP contribution in [0.2, 0.25) is 0 Å². The van der Waals surface area contributed by atoms with Crippen molar-refractivity contribution in [3.8, 4) is 5.75 Å². The van der Waals surface area contributed by atoms with Gasteiger partial charge in [0.2, 0.25) is 0 Å². The number of Topliss-reactive ketones (excluding diaryl/α,β-unsaturated/α-hetero) is 1. The largest absolute Gasteiger partial charge is 0.573 e. The summed E-state index contributed by atoms with van der Waals surface area (Å²) in [6, 6.07) is 5.33. The molecule has 0 spiro atoms. The molecule has 1 aromatic carbocycles. The van der Waals surface area contributed by atoms with Gasteiger partial charge in [-0.3, -0.25) is 4.79 Å². The monoisotopic (exact) mass is 288 g/mol. The number of ketones is 1. The topological polar surface area (TPSA) is 35.5 Å². The van der Waals surface area contributed by atoms with Gasteiger partial charge in [0.15, 0.2) is 5.78 Å². The number of benzene rings is 1. The Morgan fingerprint density at radius 2 is 1.95 bits per heavy atom. The van der Waals surface area contributed by atoms with E-state index in [2.05, 4.69) is 4.74 Å². The molecule has 1 heterocycles. The highest BCUT2D eigenvalue weighted by atomic mass is 19.4. The number of ether oxygens (including phenoxy) is 2. The van der Waals surface area contributed by atoms with E-state index in [4.69, 9.17) is 4.74 Å². The lowest BCUT2D eigenvalue weighted by atomic mass is 10.00. The lowest BCUT2D eigenvalue weighted by molar-refractivity contribution is -0.274. The molecule has 1 unspecified atom stereocenters. The Labute approximate surface area is 114 Å². The molecule has 0 aliphatic carbocycles. The van der Waals surface area contributed by atoms with E-state index in [-0.39, 0.29) is 24.1 Å². The van der Waals surface area contributed by atoms with Gasteiger partial charge in [0.25, 0.3) is 0 Å². The Morgan fingerprint density at radius 3 is 2.50 bits per heavy atom. The summed E-state index contributed by atoms with van der Waals surface area (Å²) in [5.41, 5.74) is 0.652. The van der Waals surface area contributed by atoms with Gasteiger partial charge in [-0.15, -0.1) is 13.2 Å². The Hall–Kier alpha value is -1.56. The van der Waals surface area contributed by atoms with Crippen molar-refractivity contribution < 1.29 is 27.4 Å². The van der Waals surface area contributed by atoms with Crippen LogP contribution in [0.1, 0.15) is 24.8 Å². The summed E-state index contributed by atoms with van der Waals surface area (Å²) in [7, 11) is 0. The molecule has 20 heavy (non-hydrogen) atoms. The minimum absolute atomic E-state index is 0.0332. The number of carbonyl (C=O) groups is 1. The van der Waals surface area contributed by atoms with Crippen LogP contribution in [0.4, 0.5) is 13.2 Å². The summed E-state index contributed by atoms with van der Waals surface area (Å²) in [5.74, 6) is -0.322. The van der Waals surface area contributed by atoms with Crippen LogP contribution in [-0.4, -0.2) is 24.9 Å². The highest BCUT2D eigenvalue weighted by Gasteiger charge is 2.31. The third kappa shape index (κ3) is 4.52. The zero-order valence-corrected chi connectivity index (χ0v) is 10.8. The smallest absolute Gasteiger partial charge is 0.406 e. The van der Waals surface area contributed by atoms with Gasteiger partial charge in [0, 0.05) is 13.0 Å². The molecule has 1 atom stereocenters. The highest BCUT2D eigenvalue weighted by molar-refractivity contribution is 5.85. The van der Waals surface area contributed by atoms with Crippen molar-refractivity contribution in [2.75, 3.05) is 6.61 Å². The first-order valence-electron chi connectivity index (χ1n) is 6.43. The Kier molecular flexibility index (Phi) is 4.65. The third-order valence-corrected chi connectivity index (χ3v) is 3.07. The lowest BCUT2D eigenvalue weighted by Crippen LogP contribution is -2.29. The number of hydrogen-bond acceptors (Lipinski definition) is 3. The second-order valence-electron chi connectivity index (χ2n) is 4.69. The van der Waals surface area contributed by atoms with Crippen molar-refractivity contribution in [3.05, 3.63) is 29.8 Å². The normalized spacial score (nSPS) is 19.6. The molecule has 1 aliphatic rings. The molecule has 0 aromatic heterocycles. The van der Waals surface area contributed by atoms with E-state index in [1.54, 1.807) is 0 Å². The molecule has 0 saturated carbocycles. The van der Waals surface area contributed by atoms with Crippen LogP contribution in [-0.2, 0) is 16.0 Å². The second kappa shape index (κ2) is 6.26. The van der Waals surface area contributed by atoms with E-state index in [0.717, 1.165) is 12.8 Å². The molecule has 1 aromatic rings. The molecule has 1 saturated heterocycles. The summed E-state index contributed by atoms with van der Waals surface area (Å²) in [6.45, 7) is 0.592. The summed E-state index contributed by atoms with van der Waals surface area (Å²) in [6.07, 6.45) is -2.27. The third-order valence-electron chi connectivity index (χ3n) is 3.07. The standard InChI is InChI=1S/C14H15F3O3/c15-14(16,17)20-11-6-4-10(5-7-11)9-12(18)13-3-1-2-8-19-13/h4-7,13H,1-3,8-9H2. The summed E-state index contributed by atoms with van der Waals surface area (Å²) in [4.78, 5) is 11.9. The fourth-order valence-electron chi connectivity index (χ4n) is 2.12. The van der Waals surface area contributed by atoms with E-state index in [0.29, 0.717) is 18.6 Å². The minimum atomic E-state index is -4.70. The van der Waals surface area contributed by atoms with Crippen LogP contribution in [0.5, 0.6) is 5.75 Å². The Balaban J connectivity index is 1.91. The number of halogens is 3. The molecule has 0 amide bonds. The van der Waals surface area contributed by atoms with Crippen LogP contribution >= 0.6 is 0 Å². The van der Waals surface area contributed by atoms with E-state index in [1.807, 2.05) is 0 Å². The van der Waals surface area contributed by atoms with Gasteiger partial charge < -0.3 is 9.47 Å². The zero-order valence-electron chi connectivity index (χ0n) is 10.8. The summed E-state index contributed by atoms with van der Waals surface area (Å²) < 4.78 is 45.2. The molecular weight excluding hydrogens is 273 g/mol. The van der Waals surface area contributed by atoms with Crippen molar-refractivity contribution in [2.45, 2.75) is 38.1 Å². The highest BCUT2D eigenvalue weighted by Crippen LogP contribution is 2.23. The van der Waals surface area contributed by atoms with E-state index >= 15 is 0 Å². The first-order chi connectivity index (χ1) is 9.44. The molecular formula is C14H15F3O3. The number of alkyl halides is 3. The minimum Gasteiger partial charge on any atom is -0.406 e. The van der Waals surface area contributed by atoms with Crippen LogP contribution < -0.4 is 4.74 Å². The summed E-state index contributed by atoms with van der Waals surface area (Å²) in [5, 5.41) is 0. The van der Waals surface area contributed by atoms with Crippen LogP contribution in [0.3, 0.4) is 0 Å². The molecule has 3 nitrogen and oxygen atoms in total. The van der Waals surface area contributed by atoms with Crippen molar-refractivity contribution >= 4 is 5.78 Å². The average molecular weight is 288 g/mol. The molecule has 2 rings (SSSR count). The SMILES string of the molecule is O=C(Cc1ccc(OC(F)(F)F)cc1)C1CCCCO1. The second-order valence-corrected chi connectivity index (χ2v) is 4.69. The van der Waals surface area contributed by atoms with Gasteiger partial charge in [0.1, 0.15) is 11.9 Å². The van der Waals surface area contributed by atoms with E-state index in [1.165, 1.54) is 24.3 Å². The molecule has 0 radical (unpaired) electrons. The molecule has 0 N–H and O–H groups in total. The fraction of sp³-hybridized carbons (Fsp3) is 0.500. The van der Waals surface area contributed by atoms with Crippen LogP contribution in [0.25, 0.3) is 0 Å².